The Morgan fingerprint density at radius 3 is 2.58 bits per heavy atom. The normalized spacial score (nSPS) is 10.6. The first-order chi connectivity index (χ1) is 12.8. The Morgan fingerprint density at radius 1 is 0.923 bits per heavy atom. The highest BCUT2D eigenvalue weighted by molar-refractivity contribution is 5.70. The lowest BCUT2D eigenvalue weighted by molar-refractivity contribution is 0.304. The van der Waals surface area contributed by atoms with E-state index in [1.165, 1.54) is 6.39 Å². The molecule has 6 nitrogen and oxygen atoms in total. The van der Waals surface area contributed by atoms with Crippen LogP contribution < -0.4 is 4.74 Å². The third kappa shape index (κ3) is 3.54. The number of aromatic nitrogens is 3. The topological polar surface area (TPSA) is 81.3 Å². The van der Waals surface area contributed by atoms with Gasteiger partial charge in [0.25, 0.3) is 0 Å². The van der Waals surface area contributed by atoms with Crippen molar-refractivity contribution >= 4 is 0 Å². The van der Waals surface area contributed by atoms with Crippen molar-refractivity contribution in [2.75, 3.05) is 0 Å². The Morgan fingerprint density at radius 2 is 1.77 bits per heavy atom. The van der Waals surface area contributed by atoms with Crippen molar-refractivity contribution in [2.24, 2.45) is 0 Å². The fourth-order valence-electron chi connectivity index (χ4n) is 2.59. The lowest BCUT2D eigenvalue weighted by atomic mass is 10.1. The molecule has 0 atom stereocenters. The van der Waals surface area contributed by atoms with Crippen molar-refractivity contribution in [1.82, 2.24) is 15.2 Å². The van der Waals surface area contributed by atoms with Crippen molar-refractivity contribution in [3.63, 3.8) is 0 Å². The van der Waals surface area contributed by atoms with Gasteiger partial charge in [-0.1, -0.05) is 30.3 Å². The number of aromatic hydroxyl groups is 1. The van der Waals surface area contributed by atoms with Gasteiger partial charge in [0.05, 0.1) is 5.56 Å². The van der Waals surface area contributed by atoms with E-state index in [1.54, 1.807) is 24.5 Å². The minimum absolute atomic E-state index is 0.119. The number of phenols is 1. The van der Waals surface area contributed by atoms with Crippen LogP contribution in [0.4, 0.5) is 0 Å². The maximum Gasteiger partial charge on any atom is 0.249 e. The predicted octanol–water partition coefficient (Wildman–Crippen LogP) is 4.08. The molecule has 4 rings (SSSR count). The molecule has 6 heteroatoms. The van der Waals surface area contributed by atoms with Crippen LogP contribution in [-0.4, -0.2) is 20.3 Å². The second kappa shape index (κ2) is 7.06. The number of hydrogen-bond donors (Lipinski definition) is 1. The molecule has 0 bridgehead atoms. The highest BCUT2D eigenvalue weighted by Crippen LogP contribution is 2.31. The van der Waals surface area contributed by atoms with Gasteiger partial charge in [-0.3, -0.25) is 4.98 Å². The Labute approximate surface area is 149 Å². The summed E-state index contributed by atoms with van der Waals surface area (Å²) in [6.07, 6.45) is 4.62. The molecule has 0 saturated carbocycles. The molecule has 128 valence electrons. The lowest BCUT2D eigenvalue weighted by Crippen LogP contribution is -1.95. The third-order valence-electron chi connectivity index (χ3n) is 3.82. The van der Waals surface area contributed by atoms with Crippen LogP contribution in [0, 0.1) is 0 Å². The largest absolute Gasteiger partial charge is 0.508 e. The fourth-order valence-corrected chi connectivity index (χ4v) is 2.59. The summed E-state index contributed by atoms with van der Waals surface area (Å²) in [4.78, 5) is 4.22. The molecule has 4 aromatic rings. The van der Waals surface area contributed by atoms with E-state index in [-0.39, 0.29) is 5.75 Å². The minimum atomic E-state index is 0.119. The molecule has 0 radical (unpaired) electrons. The zero-order valence-corrected chi connectivity index (χ0v) is 13.7. The first-order valence-electron chi connectivity index (χ1n) is 8.01. The second-order valence-corrected chi connectivity index (χ2v) is 5.70. The first kappa shape index (κ1) is 15.8. The number of nitrogens with zero attached hydrogens (tertiary/aromatic N) is 3. The monoisotopic (exact) mass is 345 g/mol. The van der Waals surface area contributed by atoms with Crippen molar-refractivity contribution in [1.29, 1.82) is 0 Å². The number of pyridine rings is 1. The van der Waals surface area contributed by atoms with Gasteiger partial charge >= 0.3 is 0 Å². The van der Waals surface area contributed by atoms with Gasteiger partial charge in [-0.05, 0) is 29.3 Å². The summed E-state index contributed by atoms with van der Waals surface area (Å²) in [5.74, 6) is 1.08. The van der Waals surface area contributed by atoms with E-state index in [0.29, 0.717) is 23.8 Å². The van der Waals surface area contributed by atoms with Gasteiger partial charge in [-0.25, -0.2) is 0 Å². The van der Waals surface area contributed by atoms with Gasteiger partial charge in [0, 0.05) is 24.0 Å². The maximum atomic E-state index is 10.1. The summed E-state index contributed by atoms with van der Waals surface area (Å²) in [5, 5.41) is 17.6. The highest BCUT2D eigenvalue weighted by Gasteiger charge is 2.09. The van der Waals surface area contributed by atoms with E-state index >= 15 is 0 Å². The van der Waals surface area contributed by atoms with E-state index in [4.69, 9.17) is 9.15 Å². The van der Waals surface area contributed by atoms with Crippen molar-refractivity contribution < 1.29 is 14.3 Å². The molecular formula is C20H15N3O3. The Bertz CT molecular complexity index is 1000. The van der Waals surface area contributed by atoms with Gasteiger partial charge in [0.15, 0.2) is 0 Å². The van der Waals surface area contributed by atoms with E-state index in [2.05, 4.69) is 15.2 Å². The number of benzene rings is 2. The summed E-state index contributed by atoms with van der Waals surface area (Å²) in [5.41, 5.74) is 3.34. The molecule has 1 N–H and O–H groups in total. The Hall–Kier alpha value is -3.67. The minimum Gasteiger partial charge on any atom is -0.508 e. The number of phenolic OH excluding ortho intramolecular Hbond substituents is 1. The third-order valence-corrected chi connectivity index (χ3v) is 3.82. The Balaban J connectivity index is 1.61. The lowest BCUT2D eigenvalue weighted by Gasteiger charge is -2.10. The van der Waals surface area contributed by atoms with Crippen LogP contribution in [0.3, 0.4) is 0 Å². The highest BCUT2D eigenvalue weighted by atomic mass is 16.5. The first-order valence-corrected chi connectivity index (χ1v) is 8.01. The average molecular weight is 345 g/mol. The van der Waals surface area contributed by atoms with Crippen LogP contribution in [0.15, 0.2) is 77.8 Å². The van der Waals surface area contributed by atoms with Crippen LogP contribution in [0.1, 0.15) is 5.56 Å². The maximum absolute atomic E-state index is 10.1. The number of hydrogen-bond acceptors (Lipinski definition) is 6. The predicted molar refractivity (Wildman–Crippen MR) is 95.4 cm³/mol. The van der Waals surface area contributed by atoms with E-state index in [0.717, 1.165) is 16.7 Å². The summed E-state index contributed by atoms with van der Waals surface area (Å²) in [6.45, 7) is 0.421. The average Bonchev–Trinajstić information content (AvgIpc) is 3.22. The van der Waals surface area contributed by atoms with Gasteiger partial charge in [-0.15, -0.1) is 10.2 Å². The smallest absolute Gasteiger partial charge is 0.249 e. The van der Waals surface area contributed by atoms with Gasteiger partial charge in [-0.2, -0.15) is 0 Å². The Kier molecular flexibility index (Phi) is 4.30. The van der Waals surface area contributed by atoms with Crippen LogP contribution in [0.25, 0.3) is 22.6 Å². The van der Waals surface area contributed by atoms with E-state index < -0.39 is 0 Å². The van der Waals surface area contributed by atoms with Crippen molar-refractivity contribution in [3.05, 3.63) is 78.9 Å². The molecule has 0 spiro atoms. The van der Waals surface area contributed by atoms with Gasteiger partial charge < -0.3 is 14.3 Å². The zero-order valence-electron chi connectivity index (χ0n) is 13.7. The summed E-state index contributed by atoms with van der Waals surface area (Å²) in [6, 6.07) is 16.8. The fraction of sp³-hybridized carbons (Fsp3) is 0.0500. The zero-order chi connectivity index (χ0) is 17.8. The molecule has 0 aliphatic rings. The van der Waals surface area contributed by atoms with Crippen LogP contribution in [0.5, 0.6) is 11.5 Å². The van der Waals surface area contributed by atoms with Gasteiger partial charge in [0.1, 0.15) is 18.1 Å². The van der Waals surface area contributed by atoms with Crippen LogP contribution >= 0.6 is 0 Å². The van der Waals surface area contributed by atoms with E-state index in [1.807, 2.05) is 42.5 Å². The molecule has 0 fully saturated rings. The quantitative estimate of drug-likeness (QED) is 0.587. The molecule has 2 aromatic heterocycles. The number of rotatable bonds is 5. The standard InChI is InChI=1S/C20H15N3O3/c24-18-7-15(8-19(9-18)25-12-14-4-2-1-3-5-14)16-6-17(11-21-10-16)20-23-22-13-26-20/h1-11,13,24H,12H2. The van der Waals surface area contributed by atoms with Crippen LogP contribution in [-0.2, 0) is 6.61 Å². The van der Waals surface area contributed by atoms with Crippen molar-refractivity contribution in [2.45, 2.75) is 6.61 Å². The molecule has 0 saturated heterocycles. The second-order valence-electron chi connectivity index (χ2n) is 5.70. The molecule has 2 aromatic carbocycles. The molecule has 0 aliphatic heterocycles. The molecule has 26 heavy (non-hydrogen) atoms. The summed E-state index contributed by atoms with van der Waals surface area (Å²) in [7, 11) is 0. The summed E-state index contributed by atoms with van der Waals surface area (Å²) >= 11 is 0. The molecule has 0 amide bonds. The molecule has 0 unspecified atom stereocenters. The van der Waals surface area contributed by atoms with Gasteiger partial charge in [0.2, 0.25) is 12.3 Å². The molecule has 2 heterocycles. The summed E-state index contributed by atoms with van der Waals surface area (Å²) < 4.78 is 11.0. The van der Waals surface area contributed by atoms with Crippen molar-refractivity contribution in [3.8, 4) is 34.1 Å². The molecular weight excluding hydrogens is 330 g/mol. The van der Waals surface area contributed by atoms with Crippen LogP contribution in [0.2, 0.25) is 0 Å². The number of ether oxygens (including phenoxy) is 1. The SMILES string of the molecule is Oc1cc(OCc2ccccc2)cc(-c2cncc(-c3nnco3)c2)c1. The van der Waals surface area contributed by atoms with E-state index in [9.17, 15) is 5.11 Å². The molecule has 0 aliphatic carbocycles.